The van der Waals surface area contributed by atoms with Crippen LogP contribution in [0.2, 0.25) is 0 Å². The van der Waals surface area contributed by atoms with Crippen LogP contribution in [0.5, 0.6) is 0 Å². The summed E-state index contributed by atoms with van der Waals surface area (Å²) >= 11 is 0. The van der Waals surface area contributed by atoms with Gasteiger partial charge in [-0.05, 0) is 33.1 Å². The highest BCUT2D eigenvalue weighted by molar-refractivity contribution is 5.95. The smallest absolute Gasteiger partial charge is 0.245 e. The van der Waals surface area contributed by atoms with Crippen LogP contribution in [0.15, 0.2) is 36.5 Å². The number of unbranched alkanes of at least 4 members (excludes halogenated alkanes) is 3. The van der Waals surface area contributed by atoms with Gasteiger partial charge in [-0.3, -0.25) is 19.2 Å². The lowest BCUT2D eigenvalue weighted by atomic mass is 10.0. The summed E-state index contributed by atoms with van der Waals surface area (Å²) in [4.78, 5) is 49.5. The van der Waals surface area contributed by atoms with Gasteiger partial charge in [-0.25, -0.2) is 0 Å². The van der Waals surface area contributed by atoms with Gasteiger partial charge < -0.3 is 31.5 Å². The summed E-state index contributed by atoms with van der Waals surface area (Å²) in [5.74, 6) is -2.21. The molecular weight excluding hydrogens is 452 g/mol. The van der Waals surface area contributed by atoms with E-state index >= 15 is 0 Å². The molecule has 1 rings (SSSR count). The lowest BCUT2D eigenvalue weighted by molar-refractivity contribution is -0.134. The molecule has 0 aromatic rings. The summed E-state index contributed by atoms with van der Waals surface area (Å²) in [5.41, 5.74) is 0. The summed E-state index contributed by atoms with van der Waals surface area (Å²) in [6.07, 6.45) is 11.4. The van der Waals surface area contributed by atoms with E-state index in [-0.39, 0.29) is 25.3 Å². The molecule has 0 aromatic carbocycles. The summed E-state index contributed by atoms with van der Waals surface area (Å²) in [5, 5.41) is 30.6. The van der Waals surface area contributed by atoms with Crippen molar-refractivity contribution in [2.75, 3.05) is 6.54 Å². The molecule has 1 heterocycles. The fourth-order valence-corrected chi connectivity index (χ4v) is 3.35. The average molecular weight is 493 g/mol. The molecular formula is C25H40N4O6. The molecule has 6 N–H and O–H groups in total. The number of carbonyl (C=O) groups is 4. The molecule has 0 saturated heterocycles. The molecule has 0 aromatic heterocycles. The van der Waals surface area contributed by atoms with Crippen molar-refractivity contribution in [1.82, 2.24) is 21.3 Å². The van der Waals surface area contributed by atoms with E-state index in [9.17, 15) is 29.4 Å². The number of amides is 4. The van der Waals surface area contributed by atoms with Crippen molar-refractivity contribution < 1.29 is 29.4 Å². The quantitative estimate of drug-likeness (QED) is 0.147. The first-order valence-corrected chi connectivity index (χ1v) is 12.2. The summed E-state index contributed by atoms with van der Waals surface area (Å²) in [6.45, 7) is 5.34. The van der Waals surface area contributed by atoms with Crippen LogP contribution in [0.1, 0.15) is 59.3 Å². The maximum Gasteiger partial charge on any atom is 0.245 e. The first-order valence-electron chi connectivity index (χ1n) is 12.2. The van der Waals surface area contributed by atoms with E-state index in [0.717, 1.165) is 25.7 Å². The van der Waals surface area contributed by atoms with Gasteiger partial charge >= 0.3 is 0 Å². The highest BCUT2D eigenvalue weighted by atomic mass is 16.3. The van der Waals surface area contributed by atoms with E-state index in [4.69, 9.17) is 0 Å². The minimum absolute atomic E-state index is 0.104. The predicted molar refractivity (Wildman–Crippen MR) is 133 cm³/mol. The van der Waals surface area contributed by atoms with Crippen molar-refractivity contribution in [3.63, 3.8) is 0 Å². The third-order valence-corrected chi connectivity index (χ3v) is 5.36. The first-order chi connectivity index (χ1) is 16.6. The predicted octanol–water partition coefficient (Wildman–Crippen LogP) is 0.361. The third kappa shape index (κ3) is 12.9. The van der Waals surface area contributed by atoms with Crippen LogP contribution in [0.3, 0.4) is 0 Å². The zero-order valence-corrected chi connectivity index (χ0v) is 20.8. The highest BCUT2D eigenvalue weighted by Crippen LogP contribution is 2.06. The molecule has 0 saturated carbocycles. The van der Waals surface area contributed by atoms with Gasteiger partial charge in [0.25, 0.3) is 0 Å². The van der Waals surface area contributed by atoms with Gasteiger partial charge in [-0.1, -0.05) is 44.1 Å². The second-order valence-electron chi connectivity index (χ2n) is 8.70. The number of aliphatic hydroxyl groups is 2. The van der Waals surface area contributed by atoms with E-state index in [1.165, 1.54) is 25.2 Å². The van der Waals surface area contributed by atoms with Gasteiger partial charge in [0.05, 0.1) is 12.2 Å². The molecule has 0 spiro atoms. The molecule has 35 heavy (non-hydrogen) atoms. The molecule has 4 amide bonds. The zero-order valence-electron chi connectivity index (χ0n) is 20.8. The Balaban J connectivity index is 2.81. The number of hydrogen-bond donors (Lipinski definition) is 6. The van der Waals surface area contributed by atoms with E-state index in [1.807, 2.05) is 6.08 Å². The minimum Gasteiger partial charge on any atom is -0.393 e. The molecule has 0 unspecified atom stereocenters. The Hall–Kier alpha value is -2.98. The van der Waals surface area contributed by atoms with Crippen molar-refractivity contribution in [3.8, 4) is 0 Å². The summed E-state index contributed by atoms with van der Waals surface area (Å²) in [6, 6.07) is -2.91. The molecule has 0 radical (unpaired) electrons. The number of nitrogens with one attached hydrogen (secondary N) is 4. The molecule has 10 heteroatoms. The Morgan fingerprint density at radius 3 is 2.69 bits per heavy atom. The van der Waals surface area contributed by atoms with Crippen molar-refractivity contribution in [1.29, 1.82) is 0 Å². The monoisotopic (exact) mass is 492 g/mol. The Bertz CT molecular complexity index is 793. The van der Waals surface area contributed by atoms with Crippen molar-refractivity contribution in [2.45, 2.75) is 89.6 Å². The molecule has 0 fully saturated rings. The maximum absolute atomic E-state index is 12.9. The van der Waals surface area contributed by atoms with Crippen LogP contribution in [-0.4, -0.2) is 70.7 Å². The van der Waals surface area contributed by atoms with Gasteiger partial charge in [0, 0.05) is 31.2 Å². The van der Waals surface area contributed by atoms with Crippen LogP contribution in [0.4, 0.5) is 0 Å². The van der Waals surface area contributed by atoms with Crippen LogP contribution in [0.25, 0.3) is 0 Å². The number of aliphatic hydroxyl groups excluding tert-OH is 2. The summed E-state index contributed by atoms with van der Waals surface area (Å²) in [7, 11) is 0. The number of rotatable bonds is 10. The number of allylic oxidation sites excluding steroid dienone is 3. The van der Waals surface area contributed by atoms with E-state index < -0.39 is 48.1 Å². The number of carbonyl (C=O) groups excluding carboxylic acids is 4. The Labute approximate surface area is 207 Å². The minimum atomic E-state index is -1.30. The molecule has 1 aliphatic heterocycles. The molecule has 0 aliphatic carbocycles. The van der Waals surface area contributed by atoms with Gasteiger partial charge in [0.2, 0.25) is 23.6 Å². The molecule has 1 aliphatic rings. The SMILES string of the molecule is CCCCC/C=C/C=C/C(=O)N[C@H](C(=O)N[C@H]1C[C@H](O)CCNC(=O)/C=C/[C@H](C)NC1=O)[C@H](C)O. The molecule has 5 atom stereocenters. The zero-order chi connectivity index (χ0) is 26.2. The topological polar surface area (TPSA) is 157 Å². The normalized spacial score (nSPS) is 24.5. The van der Waals surface area contributed by atoms with Gasteiger partial charge in [-0.15, -0.1) is 0 Å². The molecule has 196 valence electrons. The van der Waals surface area contributed by atoms with Crippen molar-refractivity contribution in [2.24, 2.45) is 0 Å². The van der Waals surface area contributed by atoms with E-state index in [2.05, 4.69) is 28.2 Å². The Kier molecular flexibility index (Phi) is 14.3. The van der Waals surface area contributed by atoms with Crippen LogP contribution >= 0.6 is 0 Å². The second-order valence-corrected chi connectivity index (χ2v) is 8.70. The van der Waals surface area contributed by atoms with Crippen molar-refractivity contribution >= 4 is 23.6 Å². The standard InChI is InChI=1S/C25H40N4O6/c1-4-5-6-7-8-9-10-11-22(33)29-23(18(3)30)25(35)28-20-16-19(31)14-15-26-21(32)13-12-17(2)27-24(20)34/h8-13,17-20,23,30-31H,4-7,14-16H2,1-3H3,(H,26,32)(H,27,34)(H,28,35)(H,29,33)/b9-8+,11-10+,13-12+/t17-,18-,19+,20-,23-/m0/s1. The van der Waals surface area contributed by atoms with Gasteiger partial charge in [0.15, 0.2) is 0 Å². The molecule has 0 bridgehead atoms. The maximum atomic E-state index is 12.9. The van der Waals surface area contributed by atoms with Crippen LogP contribution in [0, 0.1) is 0 Å². The average Bonchev–Trinajstić information content (AvgIpc) is 2.79. The van der Waals surface area contributed by atoms with E-state index in [0.29, 0.717) is 0 Å². The lowest BCUT2D eigenvalue weighted by Gasteiger charge is -2.26. The largest absolute Gasteiger partial charge is 0.393 e. The van der Waals surface area contributed by atoms with Gasteiger partial charge in [-0.2, -0.15) is 0 Å². The fraction of sp³-hybridized carbons (Fsp3) is 0.600. The van der Waals surface area contributed by atoms with Crippen LogP contribution in [-0.2, 0) is 19.2 Å². The first kappa shape index (κ1) is 30.1. The molecule has 10 nitrogen and oxygen atoms in total. The van der Waals surface area contributed by atoms with Crippen LogP contribution < -0.4 is 21.3 Å². The fourth-order valence-electron chi connectivity index (χ4n) is 3.35. The van der Waals surface area contributed by atoms with Crippen molar-refractivity contribution in [3.05, 3.63) is 36.5 Å². The highest BCUT2D eigenvalue weighted by Gasteiger charge is 2.31. The lowest BCUT2D eigenvalue weighted by Crippen LogP contribution is -2.58. The Morgan fingerprint density at radius 1 is 1.26 bits per heavy atom. The summed E-state index contributed by atoms with van der Waals surface area (Å²) < 4.78 is 0. The second kappa shape index (κ2) is 16.6. The van der Waals surface area contributed by atoms with E-state index in [1.54, 1.807) is 19.1 Å². The van der Waals surface area contributed by atoms with Gasteiger partial charge in [0.1, 0.15) is 12.1 Å². The number of hydrogen-bond acceptors (Lipinski definition) is 6. The Morgan fingerprint density at radius 2 is 2.00 bits per heavy atom. The third-order valence-electron chi connectivity index (χ3n) is 5.36.